The molecule has 39 heavy (non-hydrogen) atoms. The van der Waals surface area contributed by atoms with Crippen molar-refractivity contribution in [3.05, 3.63) is 128 Å². The van der Waals surface area contributed by atoms with E-state index >= 15 is 0 Å². The quantitative estimate of drug-likeness (QED) is 0.133. The zero-order chi connectivity index (χ0) is 27.3. The third kappa shape index (κ3) is 9.75. The second kappa shape index (κ2) is 15.3. The number of nitrogens with zero attached hydrogens (tertiary/aromatic N) is 6. The Morgan fingerprint density at radius 2 is 1.10 bits per heavy atom. The summed E-state index contributed by atoms with van der Waals surface area (Å²) in [5, 5.41) is 40.4. The Morgan fingerprint density at radius 1 is 0.692 bits per heavy atom. The number of hydrogen-bond donors (Lipinski definition) is 2. The molecule has 4 rings (SSSR count). The summed E-state index contributed by atoms with van der Waals surface area (Å²) in [6.45, 7) is 0.700. The van der Waals surface area contributed by atoms with Gasteiger partial charge in [0.05, 0.1) is 34.3 Å². The Morgan fingerprint density at radius 3 is 1.44 bits per heavy atom. The number of nitro benzene ring substituents is 2. The van der Waals surface area contributed by atoms with Crippen LogP contribution in [0.3, 0.4) is 0 Å². The summed E-state index contributed by atoms with van der Waals surface area (Å²) in [5.74, 6) is -0.0919. The van der Waals surface area contributed by atoms with Crippen molar-refractivity contribution in [3.8, 4) is 11.5 Å². The Hall–Kier alpha value is -5.03. The molecule has 202 valence electrons. The summed E-state index contributed by atoms with van der Waals surface area (Å²) in [6.07, 6.45) is 6.12. The first-order valence-electron chi connectivity index (χ1n) is 11.1. The minimum atomic E-state index is -0.518. The maximum Gasteiger partial charge on any atom is 0.270 e. The number of aromatic hydroxyl groups is 2. The zero-order valence-corrected chi connectivity index (χ0v) is 21.2. The van der Waals surface area contributed by atoms with E-state index < -0.39 is 9.85 Å². The number of phenols is 2. The van der Waals surface area contributed by atoms with E-state index in [1.807, 2.05) is 24.3 Å². The molecule has 2 aromatic heterocycles. The molecule has 12 nitrogen and oxygen atoms in total. The number of pyridine rings is 2. The predicted octanol–water partition coefficient (Wildman–Crippen LogP) is 4.63. The van der Waals surface area contributed by atoms with Crippen LogP contribution in [0.4, 0.5) is 11.4 Å². The maximum atomic E-state index is 10.6. The fourth-order valence-corrected chi connectivity index (χ4v) is 2.98. The van der Waals surface area contributed by atoms with Crippen molar-refractivity contribution in [3.63, 3.8) is 0 Å². The molecule has 2 heterocycles. The van der Waals surface area contributed by atoms with Gasteiger partial charge in [0.15, 0.2) is 0 Å². The molecule has 2 N–H and O–H groups in total. The van der Waals surface area contributed by atoms with Gasteiger partial charge in [-0.15, -0.1) is 0 Å². The molecule has 4 aromatic rings. The topological polar surface area (TPSA) is 177 Å². The largest absolute Gasteiger partial charge is 0.507 e. The molecule has 0 spiro atoms. The van der Waals surface area contributed by atoms with Crippen molar-refractivity contribution >= 4 is 23.8 Å². The Labute approximate surface area is 232 Å². The molecular formula is C26H22N6NiO6. The van der Waals surface area contributed by atoms with E-state index in [-0.39, 0.29) is 39.4 Å². The van der Waals surface area contributed by atoms with Gasteiger partial charge >= 0.3 is 0 Å². The van der Waals surface area contributed by atoms with Crippen molar-refractivity contribution < 1.29 is 36.6 Å². The normalized spacial score (nSPS) is 10.5. The van der Waals surface area contributed by atoms with Gasteiger partial charge in [-0.05, 0) is 36.4 Å². The van der Waals surface area contributed by atoms with E-state index in [1.54, 1.807) is 24.5 Å². The number of aromatic nitrogens is 2. The van der Waals surface area contributed by atoms with E-state index in [0.717, 1.165) is 11.4 Å². The van der Waals surface area contributed by atoms with Crippen molar-refractivity contribution in [1.82, 2.24) is 9.97 Å². The van der Waals surface area contributed by atoms with Gasteiger partial charge in [-0.25, -0.2) is 0 Å². The first kappa shape index (κ1) is 30.2. The summed E-state index contributed by atoms with van der Waals surface area (Å²) in [5.41, 5.74) is 2.01. The van der Waals surface area contributed by atoms with Gasteiger partial charge in [-0.1, -0.05) is 12.1 Å². The van der Waals surface area contributed by atoms with Crippen molar-refractivity contribution in [1.29, 1.82) is 0 Å². The third-order valence-corrected chi connectivity index (χ3v) is 4.86. The molecule has 0 saturated carbocycles. The zero-order valence-electron chi connectivity index (χ0n) is 20.2. The maximum absolute atomic E-state index is 10.6. The molecule has 13 heteroatoms. The number of non-ortho nitro benzene ring substituents is 2. The average Bonchev–Trinajstić information content (AvgIpc) is 2.92. The SMILES string of the molecule is O=[N+]([O-])c1ccc(O)c(C=NCc2ccccn2)c1.O=[N+]([O-])c1ccc(O)c(C=NCc2ccccn2)c1.[Ni]. The van der Waals surface area contributed by atoms with Crippen LogP contribution in [-0.2, 0) is 29.6 Å². The standard InChI is InChI=1S/2C13H11N3O3.Ni/c2*17-13-5-4-12(16(18)19)7-10(13)8-14-9-11-3-1-2-6-15-11;/h2*1-8,17H,9H2;. The first-order valence-corrected chi connectivity index (χ1v) is 11.1. The van der Waals surface area contributed by atoms with E-state index in [4.69, 9.17) is 0 Å². The number of phenolic OH excluding ortho intramolecular Hbond substituents is 2. The van der Waals surface area contributed by atoms with E-state index in [9.17, 15) is 30.4 Å². The second-order valence-electron chi connectivity index (χ2n) is 7.58. The van der Waals surface area contributed by atoms with Crippen molar-refractivity contribution in [2.45, 2.75) is 13.1 Å². The minimum absolute atomic E-state index is 0. The van der Waals surface area contributed by atoms with Crippen LogP contribution in [0, 0.1) is 20.2 Å². The number of aliphatic imine (C=N–C) groups is 2. The molecule has 0 aliphatic carbocycles. The van der Waals surface area contributed by atoms with Crippen LogP contribution in [0.15, 0.2) is 95.2 Å². The van der Waals surface area contributed by atoms with E-state index in [1.165, 1.54) is 48.8 Å². The molecular weight excluding hydrogens is 551 g/mol. The number of hydrogen-bond acceptors (Lipinski definition) is 10. The van der Waals surface area contributed by atoms with Gasteiger partial charge in [0.2, 0.25) is 0 Å². The van der Waals surface area contributed by atoms with Crippen LogP contribution in [0.2, 0.25) is 0 Å². The Balaban J connectivity index is 0.000000267. The van der Waals surface area contributed by atoms with E-state index in [0.29, 0.717) is 24.2 Å². The molecule has 0 saturated heterocycles. The molecule has 0 aliphatic rings. The number of nitro groups is 2. The number of benzene rings is 2. The second-order valence-corrected chi connectivity index (χ2v) is 7.58. The summed E-state index contributed by atoms with van der Waals surface area (Å²) in [4.78, 5) is 36.6. The predicted molar refractivity (Wildman–Crippen MR) is 141 cm³/mol. The van der Waals surface area contributed by atoms with Gasteiger partial charge in [0.25, 0.3) is 11.4 Å². The fraction of sp³-hybridized carbons (Fsp3) is 0.0769. The minimum Gasteiger partial charge on any atom is -0.507 e. The van der Waals surface area contributed by atoms with Gasteiger partial charge in [-0.3, -0.25) is 40.2 Å². The fourth-order valence-electron chi connectivity index (χ4n) is 2.98. The number of rotatable bonds is 8. The van der Waals surface area contributed by atoms with Gasteiger partial charge in [-0.2, -0.15) is 0 Å². The van der Waals surface area contributed by atoms with Gasteiger partial charge in [0.1, 0.15) is 11.5 Å². The first-order chi connectivity index (χ1) is 18.3. The van der Waals surface area contributed by atoms with Crippen molar-refractivity contribution in [2.24, 2.45) is 9.98 Å². The monoisotopic (exact) mass is 572 g/mol. The molecule has 0 amide bonds. The summed E-state index contributed by atoms with van der Waals surface area (Å²) >= 11 is 0. The van der Waals surface area contributed by atoms with Crippen LogP contribution in [0.25, 0.3) is 0 Å². The Kier molecular flexibility index (Phi) is 11.8. The van der Waals surface area contributed by atoms with Crippen LogP contribution in [0.5, 0.6) is 11.5 Å². The molecule has 0 unspecified atom stereocenters. The third-order valence-electron chi connectivity index (χ3n) is 4.86. The molecule has 2 aromatic carbocycles. The molecule has 0 fully saturated rings. The van der Waals surface area contributed by atoms with Crippen LogP contribution in [-0.4, -0.2) is 42.5 Å². The summed E-state index contributed by atoms with van der Waals surface area (Å²) in [7, 11) is 0. The molecule has 0 radical (unpaired) electrons. The van der Waals surface area contributed by atoms with Crippen LogP contribution < -0.4 is 0 Å². The van der Waals surface area contributed by atoms with Gasteiger partial charge < -0.3 is 10.2 Å². The summed E-state index contributed by atoms with van der Waals surface area (Å²) in [6, 6.07) is 18.5. The van der Waals surface area contributed by atoms with Gasteiger partial charge in [0, 0.05) is 76.7 Å². The molecule has 0 atom stereocenters. The van der Waals surface area contributed by atoms with E-state index in [2.05, 4.69) is 20.0 Å². The van der Waals surface area contributed by atoms with Crippen LogP contribution >= 0.6 is 0 Å². The van der Waals surface area contributed by atoms with Crippen molar-refractivity contribution in [2.75, 3.05) is 0 Å². The average molecular weight is 573 g/mol. The molecule has 0 bridgehead atoms. The van der Waals surface area contributed by atoms with Crippen LogP contribution in [0.1, 0.15) is 22.5 Å². The smallest absolute Gasteiger partial charge is 0.270 e. The summed E-state index contributed by atoms with van der Waals surface area (Å²) < 4.78 is 0. The Bertz CT molecular complexity index is 1340. The molecule has 0 aliphatic heterocycles.